The van der Waals surface area contributed by atoms with Crippen molar-refractivity contribution < 1.29 is 29.3 Å². The van der Waals surface area contributed by atoms with Crippen molar-refractivity contribution >= 4 is 11.9 Å². The van der Waals surface area contributed by atoms with Crippen LogP contribution < -0.4 is 10.5 Å². The summed E-state index contributed by atoms with van der Waals surface area (Å²) in [5.74, 6) is 4.25. The summed E-state index contributed by atoms with van der Waals surface area (Å²) in [6.07, 6.45) is 17.9. The summed E-state index contributed by atoms with van der Waals surface area (Å²) in [6.45, 7) is 4.53. The Hall–Kier alpha value is -2.90. The van der Waals surface area contributed by atoms with Gasteiger partial charge in [0.2, 0.25) is 0 Å². The van der Waals surface area contributed by atoms with E-state index in [0.29, 0.717) is 65.1 Å². The molecular weight excluding hydrogens is 590 g/mol. The van der Waals surface area contributed by atoms with Crippen LogP contribution in [-0.4, -0.2) is 34.3 Å². The normalized spacial score (nSPS) is 40.6. The maximum atomic E-state index is 13.0. The van der Waals surface area contributed by atoms with Gasteiger partial charge in [0.15, 0.2) is 0 Å². The molecule has 11 atom stereocenters. The molecule has 0 aliphatic heterocycles. The van der Waals surface area contributed by atoms with Crippen molar-refractivity contribution in [1.29, 1.82) is 0 Å². The number of esters is 2. The Morgan fingerprint density at radius 3 is 2.62 bits per heavy atom. The second-order valence-corrected chi connectivity index (χ2v) is 16.6. The highest BCUT2D eigenvalue weighted by Gasteiger charge is 2.55. The molecule has 8 unspecified atom stereocenters. The van der Waals surface area contributed by atoms with E-state index in [1.54, 1.807) is 0 Å². The minimum Gasteiger partial charge on any atom is -0.512 e. The third-order valence-corrected chi connectivity index (χ3v) is 14.4. The number of nitrogens with two attached hydrogens (primary N) is 1. The van der Waals surface area contributed by atoms with Crippen molar-refractivity contribution in [2.75, 3.05) is 0 Å². The predicted octanol–water partition coefficient (Wildman–Crippen LogP) is 7.19. The van der Waals surface area contributed by atoms with Crippen molar-refractivity contribution in [3.63, 3.8) is 0 Å². The molecule has 0 amide bonds. The number of ether oxygens (including phenoxy) is 2. The monoisotopic (exact) mass is 641 g/mol. The number of carbonyl (C=O) groups is 2. The van der Waals surface area contributed by atoms with Gasteiger partial charge in [-0.2, -0.15) is 0 Å². The van der Waals surface area contributed by atoms with Crippen LogP contribution >= 0.6 is 0 Å². The fraction of sp³-hybridized carbons (Fsp3) is 0.650. The Morgan fingerprint density at radius 2 is 1.77 bits per heavy atom. The van der Waals surface area contributed by atoms with Crippen molar-refractivity contribution in [2.45, 2.75) is 115 Å². The molecule has 0 spiro atoms. The predicted molar refractivity (Wildman–Crippen MR) is 178 cm³/mol. The average Bonchev–Trinajstić information content (AvgIpc) is 3.54. The number of hydrogen-bond donors (Lipinski definition) is 3. The third kappa shape index (κ3) is 5.13. The van der Waals surface area contributed by atoms with Crippen LogP contribution in [0.5, 0.6) is 5.75 Å². The lowest BCUT2D eigenvalue weighted by atomic mass is 9.53. The van der Waals surface area contributed by atoms with E-state index in [0.717, 1.165) is 70.6 Å². The van der Waals surface area contributed by atoms with Crippen molar-refractivity contribution in [2.24, 2.45) is 52.1 Å². The summed E-state index contributed by atoms with van der Waals surface area (Å²) in [5, 5.41) is 21.2. The SMILES string of the molecule is C[C@]12CCC3c4ccc(OC(=O)CC(N)C(=O)OC5=CC=C6C(CCC7C6CC[C@]6(C)C(O)=CCC76)C5)cc4CCC3C1CC[C@@H]2O. The summed E-state index contributed by atoms with van der Waals surface area (Å²) < 4.78 is 11.4. The largest absolute Gasteiger partial charge is 0.512 e. The maximum Gasteiger partial charge on any atom is 0.328 e. The Kier molecular flexibility index (Phi) is 7.75. The Bertz CT molecular complexity index is 1560. The third-order valence-electron chi connectivity index (χ3n) is 14.4. The number of fused-ring (bicyclic) bond motifs is 10. The van der Waals surface area contributed by atoms with Crippen LogP contribution in [-0.2, 0) is 20.7 Å². The van der Waals surface area contributed by atoms with Gasteiger partial charge in [0.25, 0.3) is 0 Å². The molecule has 0 aromatic heterocycles. The fourth-order valence-corrected chi connectivity index (χ4v) is 11.8. The highest BCUT2D eigenvalue weighted by molar-refractivity contribution is 5.84. The van der Waals surface area contributed by atoms with E-state index >= 15 is 0 Å². The minimum atomic E-state index is -1.10. The number of hydrogen-bond acceptors (Lipinski definition) is 7. The molecule has 1 aromatic carbocycles. The fourth-order valence-electron chi connectivity index (χ4n) is 11.8. The van der Waals surface area contributed by atoms with Crippen LogP contribution in [0.2, 0.25) is 0 Å². The first-order valence-electron chi connectivity index (χ1n) is 18.3. The average molecular weight is 642 g/mol. The summed E-state index contributed by atoms with van der Waals surface area (Å²) in [5.41, 5.74) is 10.2. The Balaban J connectivity index is 0.859. The molecule has 1 aromatic rings. The van der Waals surface area contributed by atoms with Crippen LogP contribution in [0.25, 0.3) is 0 Å². The number of aliphatic hydroxyl groups is 2. The smallest absolute Gasteiger partial charge is 0.328 e. The molecule has 7 nitrogen and oxygen atoms in total. The van der Waals surface area contributed by atoms with Gasteiger partial charge in [0.1, 0.15) is 17.6 Å². The molecule has 0 saturated heterocycles. The molecule has 7 aliphatic rings. The van der Waals surface area contributed by atoms with Crippen LogP contribution in [0.3, 0.4) is 0 Å². The van der Waals surface area contributed by atoms with Crippen molar-refractivity contribution in [1.82, 2.24) is 0 Å². The zero-order valence-corrected chi connectivity index (χ0v) is 28.0. The summed E-state index contributed by atoms with van der Waals surface area (Å²) in [6, 6.07) is 4.90. The highest BCUT2D eigenvalue weighted by atomic mass is 16.5. The van der Waals surface area contributed by atoms with Gasteiger partial charge in [0, 0.05) is 11.8 Å². The number of carbonyl (C=O) groups excluding carboxylic acids is 2. The molecule has 7 aliphatic carbocycles. The van der Waals surface area contributed by atoms with Gasteiger partial charge in [-0.25, -0.2) is 4.79 Å². The van der Waals surface area contributed by atoms with Gasteiger partial charge < -0.3 is 25.4 Å². The molecule has 252 valence electrons. The van der Waals surface area contributed by atoms with Crippen LogP contribution in [0.4, 0.5) is 0 Å². The molecule has 4 saturated carbocycles. The quantitative estimate of drug-likeness (QED) is 0.230. The summed E-state index contributed by atoms with van der Waals surface area (Å²) >= 11 is 0. The number of allylic oxidation sites excluding steroid dienone is 6. The van der Waals surface area contributed by atoms with Crippen LogP contribution in [0.1, 0.15) is 108 Å². The van der Waals surface area contributed by atoms with E-state index in [-0.39, 0.29) is 23.4 Å². The summed E-state index contributed by atoms with van der Waals surface area (Å²) in [4.78, 5) is 25.8. The second kappa shape index (κ2) is 11.6. The summed E-state index contributed by atoms with van der Waals surface area (Å²) in [7, 11) is 0. The van der Waals surface area contributed by atoms with Gasteiger partial charge in [-0.1, -0.05) is 31.6 Å². The van der Waals surface area contributed by atoms with E-state index in [4.69, 9.17) is 15.2 Å². The molecule has 0 bridgehead atoms. The lowest BCUT2D eigenvalue weighted by molar-refractivity contribution is -0.145. The molecule has 8 rings (SSSR count). The molecule has 4 N–H and O–H groups in total. The lowest BCUT2D eigenvalue weighted by Gasteiger charge is -2.51. The van der Waals surface area contributed by atoms with Gasteiger partial charge in [-0.3, -0.25) is 4.79 Å². The topological polar surface area (TPSA) is 119 Å². The highest BCUT2D eigenvalue weighted by Crippen LogP contribution is 2.62. The van der Waals surface area contributed by atoms with E-state index < -0.39 is 18.0 Å². The zero-order valence-electron chi connectivity index (χ0n) is 28.0. The first-order chi connectivity index (χ1) is 22.5. The van der Waals surface area contributed by atoms with Gasteiger partial charge in [-0.05, 0) is 153 Å². The van der Waals surface area contributed by atoms with E-state index in [2.05, 4.69) is 26.0 Å². The van der Waals surface area contributed by atoms with Gasteiger partial charge >= 0.3 is 11.9 Å². The minimum absolute atomic E-state index is 0.0537. The zero-order chi connectivity index (χ0) is 32.7. The molecule has 4 fully saturated rings. The van der Waals surface area contributed by atoms with Gasteiger partial charge in [-0.15, -0.1) is 0 Å². The standard InChI is InChI=1S/C40H51NO6/c1-39-17-15-28-26-9-5-24(19-22(26)3-7-30(28)32(39)11-13-35(39)42)46-37(44)21-34(41)38(45)47-25-6-10-27-23(20-25)4-8-31-29(27)16-18-40(2)33(31)12-14-36(40)43/h5-6,9-10,14,19,23,28-35,42-43H,3-4,7-8,11-13,15-18,20-21,41H2,1-2H3/t23?,28?,29?,30?,31?,32?,33?,34?,35-,39-,40-/m0/s1. The first kappa shape index (κ1) is 31.4. The van der Waals surface area contributed by atoms with E-state index in [9.17, 15) is 19.8 Å². The first-order valence-corrected chi connectivity index (χ1v) is 18.3. The van der Waals surface area contributed by atoms with Crippen LogP contribution in [0, 0.1) is 46.3 Å². The van der Waals surface area contributed by atoms with E-state index in [1.165, 1.54) is 16.7 Å². The molecule has 0 heterocycles. The number of rotatable bonds is 5. The number of aryl methyl sites for hydroxylation is 1. The van der Waals surface area contributed by atoms with Crippen molar-refractivity contribution in [3.8, 4) is 5.75 Å². The lowest BCUT2D eigenvalue weighted by Crippen LogP contribution is -2.44. The second-order valence-electron chi connectivity index (χ2n) is 16.6. The molecule has 47 heavy (non-hydrogen) atoms. The van der Waals surface area contributed by atoms with Crippen LogP contribution in [0.15, 0.2) is 53.5 Å². The molecular formula is C40H51NO6. The number of aliphatic hydroxyl groups excluding tert-OH is 2. The maximum absolute atomic E-state index is 13.0. The number of benzene rings is 1. The Morgan fingerprint density at radius 1 is 0.957 bits per heavy atom. The molecule has 7 heteroatoms. The Labute approximate surface area is 278 Å². The van der Waals surface area contributed by atoms with E-state index in [1.807, 2.05) is 24.3 Å². The van der Waals surface area contributed by atoms with Crippen molar-refractivity contribution in [3.05, 3.63) is 64.6 Å². The molecule has 0 radical (unpaired) electrons. The van der Waals surface area contributed by atoms with Gasteiger partial charge in [0.05, 0.1) is 18.3 Å².